The van der Waals surface area contributed by atoms with Gasteiger partial charge in [0.1, 0.15) is 0 Å². The molecule has 1 N–H and O–H groups in total. The summed E-state index contributed by atoms with van der Waals surface area (Å²) in [7, 11) is 0. The average molecular weight is 344 g/mol. The Balaban J connectivity index is 1.93. The van der Waals surface area contributed by atoms with E-state index in [1.54, 1.807) is 10.7 Å². The first-order valence-electron chi connectivity index (χ1n) is 6.95. The summed E-state index contributed by atoms with van der Waals surface area (Å²) >= 11 is 12.4. The Morgan fingerprint density at radius 3 is 2.65 bits per heavy atom. The van der Waals surface area contributed by atoms with E-state index in [9.17, 15) is 0 Å². The lowest BCUT2D eigenvalue weighted by atomic mass is 10.1. The molecule has 0 amide bonds. The lowest BCUT2D eigenvalue weighted by molar-refractivity contribution is 0.791. The zero-order valence-electron chi connectivity index (χ0n) is 12.1. The zero-order valence-corrected chi connectivity index (χ0v) is 13.6. The van der Waals surface area contributed by atoms with Gasteiger partial charge in [0, 0.05) is 22.2 Å². The quantitative estimate of drug-likeness (QED) is 0.585. The Hall–Kier alpha value is -2.37. The first-order chi connectivity index (χ1) is 11.1. The van der Waals surface area contributed by atoms with Gasteiger partial charge in [-0.15, -0.1) is 5.10 Å². The highest BCUT2D eigenvalue weighted by molar-refractivity contribution is 6.38. The van der Waals surface area contributed by atoms with E-state index in [1.165, 1.54) is 5.56 Å². The van der Waals surface area contributed by atoms with E-state index in [1.807, 2.05) is 43.5 Å². The topological polar surface area (TPSA) is 59.4 Å². The normalized spacial score (nSPS) is 11.3. The monoisotopic (exact) mass is 343 g/mol. The molecule has 0 aliphatic heterocycles. The molecule has 5 nitrogen and oxygen atoms in total. The van der Waals surface area contributed by atoms with Crippen molar-refractivity contribution in [1.82, 2.24) is 25.2 Å². The number of nitrogens with zero attached hydrogens (tertiary/aromatic N) is 4. The highest BCUT2D eigenvalue weighted by Gasteiger charge is 2.16. The van der Waals surface area contributed by atoms with Crippen molar-refractivity contribution in [2.45, 2.75) is 6.92 Å². The van der Waals surface area contributed by atoms with Crippen LogP contribution in [-0.2, 0) is 0 Å². The molecule has 0 bridgehead atoms. The summed E-state index contributed by atoms with van der Waals surface area (Å²) in [6.07, 6.45) is 1.84. The maximum Gasteiger partial charge on any atom is 0.189 e. The number of hydrogen-bond donors (Lipinski definition) is 1. The number of aryl methyl sites for hydroxylation is 1. The molecule has 114 valence electrons. The molecule has 0 aliphatic rings. The van der Waals surface area contributed by atoms with Crippen molar-refractivity contribution in [1.29, 1.82) is 0 Å². The van der Waals surface area contributed by atoms with Crippen molar-refractivity contribution in [2.75, 3.05) is 0 Å². The van der Waals surface area contributed by atoms with E-state index in [-0.39, 0.29) is 0 Å². The van der Waals surface area contributed by atoms with Crippen LogP contribution in [0.2, 0.25) is 10.0 Å². The third-order valence-corrected chi connectivity index (χ3v) is 4.21. The van der Waals surface area contributed by atoms with Gasteiger partial charge in [-0.2, -0.15) is 4.68 Å². The second-order valence-corrected chi connectivity index (χ2v) is 6.11. The van der Waals surface area contributed by atoms with Crippen LogP contribution in [0.4, 0.5) is 0 Å². The molecule has 2 aromatic heterocycles. The van der Waals surface area contributed by atoms with Crippen LogP contribution in [-0.4, -0.2) is 25.2 Å². The van der Waals surface area contributed by atoms with Gasteiger partial charge in [-0.1, -0.05) is 40.9 Å². The molecule has 0 saturated carbocycles. The molecule has 4 aromatic rings. The van der Waals surface area contributed by atoms with E-state index < -0.39 is 0 Å². The number of tetrazole rings is 1. The maximum atomic E-state index is 6.24. The molecule has 2 aromatic carbocycles. The molecule has 0 radical (unpaired) electrons. The molecule has 4 rings (SSSR count). The highest BCUT2D eigenvalue weighted by atomic mass is 35.5. The molecule has 23 heavy (non-hydrogen) atoms. The number of nitrogens with one attached hydrogen (secondary N) is 1. The fourth-order valence-electron chi connectivity index (χ4n) is 2.55. The first kappa shape index (κ1) is 14.2. The van der Waals surface area contributed by atoms with Gasteiger partial charge < -0.3 is 4.98 Å². The summed E-state index contributed by atoms with van der Waals surface area (Å²) in [5, 5.41) is 14.1. The van der Waals surface area contributed by atoms with Crippen LogP contribution >= 0.6 is 23.2 Å². The van der Waals surface area contributed by atoms with E-state index in [0.717, 1.165) is 22.2 Å². The minimum absolute atomic E-state index is 0.563. The third-order valence-electron chi connectivity index (χ3n) is 3.69. The van der Waals surface area contributed by atoms with Crippen LogP contribution in [0.1, 0.15) is 5.56 Å². The largest absolute Gasteiger partial charge is 0.359 e. The molecule has 0 spiro atoms. The van der Waals surface area contributed by atoms with Gasteiger partial charge in [-0.25, -0.2) is 0 Å². The van der Waals surface area contributed by atoms with Gasteiger partial charge in [-0.3, -0.25) is 0 Å². The molecule has 7 heteroatoms. The number of aromatic nitrogens is 5. The van der Waals surface area contributed by atoms with Crippen molar-refractivity contribution in [3.8, 4) is 17.1 Å². The second kappa shape index (κ2) is 5.37. The fraction of sp³-hybridized carbons (Fsp3) is 0.0625. The van der Waals surface area contributed by atoms with Gasteiger partial charge in [0.2, 0.25) is 0 Å². The van der Waals surface area contributed by atoms with Crippen LogP contribution in [0.3, 0.4) is 0 Å². The fourth-order valence-corrected chi connectivity index (χ4v) is 3.10. The number of H-pyrrole nitrogens is 1. The van der Waals surface area contributed by atoms with Crippen LogP contribution in [0.15, 0.2) is 42.6 Å². The Morgan fingerprint density at radius 1 is 1.09 bits per heavy atom. The summed E-state index contributed by atoms with van der Waals surface area (Å²) < 4.78 is 1.69. The lowest BCUT2D eigenvalue weighted by Gasteiger charge is -2.04. The third kappa shape index (κ3) is 2.38. The Kier molecular flexibility index (Phi) is 3.32. The minimum atomic E-state index is 0.563. The van der Waals surface area contributed by atoms with Gasteiger partial charge in [0.05, 0.1) is 16.2 Å². The summed E-state index contributed by atoms with van der Waals surface area (Å²) in [6.45, 7) is 2.04. The average Bonchev–Trinajstić information content (AvgIpc) is 3.14. The second-order valence-electron chi connectivity index (χ2n) is 5.26. The SMILES string of the molecule is Cc1ccc(-n2nnnc2-c2c[nH]c3c(Cl)cc(Cl)cc23)cc1. The standard InChI is InChI=1S/C16H11Cl2N5/c1-9-2-4-11(5-3-9)23-16(20-21-22-23)13-8-19-15-12(13)6-10(17)7-14(15)18/h2-8,19H,1H3. The van der Waals surface area contributed by atoms with Crippen molar-refractivity contribution >= 4 is 34.1 Å². The van der Waals surface area contributed by atoms with Crippen molar-refractivity contribution in [3.63, 3.8) is 0 Å². The molecular formula is C16H11Cl2N5. The van der Waals surface area contributed by atoms with Crippen LogP contribution in [0.25, 0.3) is 28.0 Å². The predicted molar refractivity (Wildman–Crippen MR) is 91.2 cm³/mol. The molecule has 0 aliphatic carbocycles. The van der Waals surface area contributed by atoms with E-state index in [0.29, 0.717) is 15.9 Å². The number of aromatic amines is 1. The van der Waals surface area contributed by atoms with E-state index in [2.05, 4.69) is 20.5 Å². The van der Waals surface area contributed by atoms with E-state index >= 15 is 0 Å². The molecule has 0 saturated heterocycles. The highest BCUT2D eigenvalue weighted by Crippen LogP contribution is 2.34. The molecule has 2 heterocycles. The minimum Gasteiger partial charge on any atom is -0.359 e. The number of rotatable bonds is 2. The van der Waals surface area contributed by atoms with Crippen LogP contribution in [0, 0.1) is 6.92 Å². The van der Waals surface area contributed by atoms with Gasteiger partial charge in [0.25, 0.3) is 0 Å². The summed E-state index contributed by atoms with van der Waals surface area (Å²) in [5.74, 6) is 0.624. The van der Waals surface area contributed by atoms with Gasteiger partial charge in [0.15, 0.2) is 5.82 Å². The van der Waals surface area contributed by atoms with Crippen molar-refractivity contribution in [3.05, 3.63) is 58.2 Å². The van der Waals surface area contributed by atoms with Crippen molar-refractivity contribution in [2.24, 2.45) is 0 Å². The first-order valence-corrected chi connectivity index (χ1v) is 7.71. The predicted octanol–water partition coefficient (Wildman–Crippen LogP) is 4.43. The molecule has 0 fully saturated rings. The molecular weight excluding hydrogens is 333 g/mol. The van der Waals surface area contributed by atoms with E-state index in [4.69, 9.17) is 23.2 Å². The summed E-state index contributed by atoms with van der Waals surface area (Å²) in [4.78, 5) is 3.16. The number of hydrogen-bond acceptors (Lipinski definition) is 3. The Labute approximate surface area is 141 Å². The summed E-state index contributed by atoms with van der Waals surface area (Å²) in [6, 6.07) is 11.5. The summed E-state index contributed by atoms with van der Waals surface area (Å²) in [5.41, 5.74) is 3.71. The van der Waals surface area contributed by atoms with Gasteiger partial charge >= 0.3 is 0 Å². The molecule has 0 atom stereocenters. The Bertz CT molecular complexity index is 1000. The lowest BCUT2D eigenvalue weighted by Crippen LogP contribution is -1.99. The number of halogens is 2. The molecule has 0 unspecified atom stereocenters. The maximum absolute atomic E-state index is 6.24. The van der Waals surface area contributed by atoms with Crippen molar-refractivity contribution < 1.29 is 0 Å². The number of fused-ring (bicyclic) bond motifs is 1. The number of benzene rings is 2. The van der Waals surface area contributed by atoms with Gasteiger partial charge in [-0.05, 0) is 41.6 Å². The smallest absolute Gasteiger partial charge is 0.189 e. The zero-order chi connectivity index (χ0) is 16.0. The Morgan fingerprint density at radius 2 is 1.87 bits per heavy atom. The van der Waals surface area contributed by atoms with Crippen LogP contribution < -0.4 is 0 Å². The van der Waals surface area contributed by atoms with Crippen LogP contribution in [0.5, 0.6) is 0 Å².